The highest BCUT2D eigenvalue weighted by molar-refractivity contribution is 5.87. The van der Waals surface area contributed by atoms with E-state index in [1.807, 2.05) is 4.57 Å². The molecule has 0 saturated heterocycles. The Morgan fingerprint density at radius 3 is 2.50 bits per heavy atom. The highest BCUT2D eigenvalue weighted by Gasteiger charge is 2.23. The van der Waals surface area contributed by atoms with Gasteiger partial charge in [0.2, 0.25) is 0 Å². The summed E-state index contributed by atoms with van der Waals surface area (Å²) in [7, 11) is 0. The van der Waals surface area contributed by atoms with E-state index in [0.717, 1.165) is 36.8 Å². The summed E-state index contributed by atoms with van der Waals surface area (Å²) in [4.78, 5) is 15.6. The van der Waals surface area contributed by atoms with Gasteiger partial charge in [0.1, 0.15) is 12.2 Å². The summed E-state index contributed by atoms with van der Waals surface area (Å²) in [6, 6.07) is 9.45. The molecule has 1 aromatic carbocycles. The van der Waals surface area contributed by atoms with Crippen LogP contribution in [0.1, 0.15) is 58.5 Å². The first-order valence-electron chi connectivity index (χ1n) is 9.77. The third-order valence-corrected chi connectivity index (χ3v) is 4.85. The molecule has 30 heavy (non-hydrogen) atoms. The maximum Gasteiger partial charge on any atom is 0.335 e. The van der Waals surface area contributed by atoms with Crippen molar-refractivity contribution in [1.29, 1.82) is 0 Å². The standard InChI is InChI=1S/C22H24F2N4O2/c1-15-11-17(21(29)30)12-19(26-15)5-3-4-6-20-27-25-14-28(20)13-16-7-9-18(10-8-16)22(2,23)24/h7-12,14H,3-6,13H2,1-2H3,(H,29,30). The molecule has 0 aliphatic carbocycles. The number of rotatable bonds is 9. The second kappa shape index (κ2) is 9.11. The Balaban J connectivity index is 1.55. The fourth-order valence-electron chi connectivity index (χ4n) is 3.28. The minimum Gasteiger partial charge on any atom is -0.478 e. The van der Waals surface area contributed by atoms with E-state index < -0.39 is 11.9 Å². The molecule has 0 spiro atoms. The molecule has 2 heterocycles. The van der Waals surface area contributed by atoms with E-state index in [9.17, 15) is 13.6 Å². The van der Waals surface area contributed by atoms with Crippen molar-refractivity contribution in [2.24, 2.45) is 0 Å². The molecule has 158 valence electrons. The van der Waals surface area contributed by atoms with Crippen molar-refractivity contribution in [3.8, 4) is 0 Å². The van der Waals surface area contributed by atoms with Crippen molar-refractivity contribution >= 4 is 5.97 Å². The molecule has 0 radical (unpaired) electrons. The van der Waals surface area contributed by atoms with Crippen LogP contribution in [-0.2, 0) is 25.3 Å². The minimum atomic E-state index is -2.85. The number of halogens is 2. The Morgan fingerprint density at radius 1 is 1.13 bits per heavy atom. The molecule has 0 amide bonds. The number of carboxylic acids is 1. The summed E-state index contributed by atoms with van der Waals surface area (Å²) in [6.07, 6.45) is 4.71. The number of nitrogens with zero attached hydrogens (tertiary/aromatic N) is 4. The number of hydrogen-bond acceptors (Lipinski definition) is 4. The molecule has 0 saturated carbocycles. The van der Waals surface area contributed by atoms with Crippen molar-refractivity contribution < 1.29 is 18.7 Å². The van der Waals surface area contributed by atoms with Gasteiger partial charge in [0.05, 0.1) is 12.1 Å². The number of unbranched alkanes of at least 4 members (excludes halogenated alkanes) is 1. The van der Waals surface area contributed by atoms with Crippen LogP contribution >= 0.6 is 0 Å². The predicted molar refractivity (Wildman–Crippen MR) is 108 cm³/mol. The van der Waals surface area contributed by atoms with Crippen LogP contribution in [0.25, 0.3) is 0 Å². The van der Waals surface area contributed by atoms with Crippen LogP contribution in [0.5, 0.6) is 0 Å². The topological polar surface area (TPSA) is 80.9 Å². The molecule has 0 aliphatic heterocycles. The van der Waals surface area contributed by atoms with E-state index in [2.05, 4.69) is 15.2 Å². The molecule has 0 fully saturated rings. The van der Waals surface area contributed by atoms with Gasteiger partial charge < -0.3 is 9.67 Å². The molecular formula is C22H24F2N4O2. The van der Waals surface area contributed by atoms with E-state index in [1.54, 1.807) is 37.5 Å². The molecule has 3 rings (SSSR count). The normalized spacial score (nSPS) is 11.6. The van der Waals surface area contributed by atoms with Gasteiger partial charge in [0, 0.05) is 30.3 Å². The predicted octanol–water partition coefficient (Wildman–Crippen LogP) is 4.41. The summed E-state index contributed by atoms with van der Waals surface area (Å²) in [5.74, 6) is -2.98. The van der Waals surface area contributed by atoms with E-state index in [0.29, 0.717) is 25.1 Å². The summed E-state index contributed by atoms with van der Waals surface area (Å²) >= 11 is 0. The third kappa shape index (κ3) is 5.68. The van der Waals surface area contributed by atoms with E-state index in [4.69, 9.17) is 5.11 Å². The van der Waals surface area contributed by atoms with Gasteiger partial charge in [-0.05, 0) is 43.9 Å². The Bertz CT molecular complexity index is 1010. The first-order chi connectivity index (χ1) is 14.2. The van der Waals surface area contributed by atoms with E-state index in [-0.39, 0.29) is 11.1 Å². The largest absolute Gasteiger partial charge is 0.478 e. The molecule has 1 N–H and O–H groups in total. The number of alkyl halides is 2. The van der Waals surface area contributed by atoms with Crippen molar-refractivity contribution in [3.63, 3.8) is 0 Å². The maximum atomic E-state index is 13.3. The fourth-order valence-corrected chi connectivity index (χ4v) is 3.28. The second-order valence-electron chi connectivity index (χ2n) is 7.46. The lowest BCUT2D eigenvalue weighted by Crippen LogP contribution is -2.08. The third-order valence-electron chi connectivity index (χ3n) is 4.85. The van der Waals surface area contributed by atoms with Crippen LogP contribution in [0.2, 0.25) is 0 Å². The van der Waals surface area contributed by atoms with Crippen molar-refractivity contribution in [2.75, 3.05) is 0 Å². The zero-order chi connectivity index (χ0) is 21.7. The monoisotopic (exact) mass is 414 g/mol. The smallest absolute Gasteiger partial charge is 0.335 e. The van der Waals surface area contributed by atoms with Crippen molar-refractivity contribution in [3.05, 3.63) is 76.6 Å². The summed E-state index contributed by atoms with van der Waals surface area (Å²) < 4.78 is 28.6. The SMILES string of the molecule is Cc1cc(C(=O)O)cc(CCCCc2nncn2Cc2ccc(C(C)(F)F)cc2)n1. The lowest BCUT2D eigenvalue weighted by molar-refractivity contribution is 0.0174. The second-order valence-corrected chi connectivity index (χ2v) is 7.46. The number of aromatic nitrogens is 4. The van der Waals surface area contributed by atoms with E-state index >= 15 is 0 Å². The first kappa shape index (κ1) is 21.5. The lowest BCUT2D eigenvalue weighted by atomic mass is 10.1. The molecule has 0 unspecified atom stereocenters. The fraction of sp³-hybridized carbons (Fsp3) is 0.364. The number of aromatic carboxylic acids is 1. The molecule has 2 aromatic heterocycles. The van der Waals surface area contributed by atoms with Gasteiger partial charge in [0.25, 0.3) is 5.92 Å². The van der Waals surface area contributed by atoms with E-state index in [1.165, 1.54) is 12.1 Å². The number of aryl methyl sites for hydroxylation is 3. The van der Waals surface area contributed by atoms with Gasteiger partial charge in [-0.15, -0.1) is 10.2 Å². The van der Waals surface area contributed by atoms with Crippen LogP contribution in [0.3, 0.4) is 0 Å². The number of benzene rings is 1. The molecule has 0 atom stereocenters. The molecule has 3 aromatic rings. The van der Waals surface area contributed by atoms with Crippen LogP contribution in [-0.4, -0.2) is 30.8 Å². The van der Waals surface area contributed by atoms with Crippen LogP contribution < -0.4 is 0 Å². The van der Waals surface area contributed by atoms with Crippen LogP contribution in [0.4, 0.5) is 8.78 Å². The molecule has 0 bridgehead atoms. The molecule has 8 heteroatoms. The summed E-state index contributed by atoms with van der Waals surface area (Å²) in [5, 5.41) is 17.3. The zero-order valence-electron chi connectivity index (χ0n) is 17.0. The molecule has 6 nitrogen and oxygen atoms in total. The number of hydrogen-bond donors (Lipinski definition) is 1. The van der Waals surface area contributed by atoms with Crippen LogP contribution in [0, 0.1) is 6.92 Å². The highest BCUT2D eigenvalue weighted by atomic mass is 19.3. The highest BCUT2D eigenvalue weighted by Crippen LogP contribution is 2.27. The average Bonchev–Trinajstić information content (AvgIpc) is 3.11. The number of pyridine rings is 1. The Hall–Kier alpha value is -3.16. The maximum absolute atomic E-state index is 13.3. The van der Waals surface area contributed by atoms with Gasteiger partial charge in [-0.3, -0.25) is 4.98 Å². The van der Waals surface area contributed by atoms with Gasteiger partial charge >= 0.3 is 5.97 Å². The van der Waals surface area contributed by atoms with Gasteiger partial charge in [-0.25, -0.2) is 13.6 Å². The summed E-state index contributed by atoms with van der Waals surface area (Å²) in [5.41, 5.74) is 2.60. The van der Waals surface area contributed by atoms with Crippen molar-refractivity contribution in [1.82, 2.24) is 19.7 Å². The number of carboxylic acid groups (broad SMARTS) is 1. The van der Waals surface area contributed by atoms with Gasteiger partial charge in [-0.2, -0.15) is 0 Å². The lowest BCUT2D eigenvalue weighted by Gasteiger charge is -2.12. The van der Waals surface area contributed by atoms with Gasteiger partial charge in [-0.1, -0.05) is 24.3 Å². The van der Waals surface area contributed by atoms with Gasteiger partial charge in [0.15, 0.2) is 0 Å². The molecular weight excluding hydrogens is 390 g/mol. The van der Waals surface area contributed by atoms with Crippen molar-refractivity contribution in [2.45, 2.75) is 52.0 Å². The quantitative estimate of drug-likeness (QED) is 0.525. The summed E-state index contributed by atoms with van der Waals surface area (Å²) in [6.45, 7) is 3.18. The minimum absolute atomic E-state index is 0.00829. The Kier molecular flexibility index (Phi) is 6.54. The Morgan fingerprint density at radius 2 is 1.83 bits per heavy atom. The first-order valence-corrected chi connectivity index (χ1v) is 9.77. The zero-order valence-corrected chi connectivity index (χ0v) is 17.0. The average molecular weight is 414 g/mol. The Labute approximate surface area is 173 Å². The number of carbonyl (C=O) groups is 1. The molecule has 0 aliphatic rings. The van der Waals surface area contributed by atoms with Crippen LogP contribution in [0.15, 0.2) is 42.7 Å².